The summed E-state index contributed by atoms with van der Waals surface area (Å²) in [5.74, 6) is -1.05. The van der Waals surface area contributed by atoms with Crippen LogP contribution in [-0.4, -0.2) is 41.0 Å². The molecule has 1 heterocycles. The number of hydrogen-bond donors (Lipinski definition) is 3. The number of amides is 2. The van der Waals surface area contributed by atoms with Crippen LogP contribution in [0.25, 0.3) is 0 Å². The van der Waals surface area contributed by atoms with Crippen molar-refractivity contribution in [1.29, 1.82) is 0 Å². The number of ether oxygens (including phenoxy) is 1. The maximum absolute atomic E-state index is 11.6. The largest absolute Gasteiger partial charge is 0.482 e. The Labute approximate surface area is 118 Å². The van der Waals surface area contributed by atoms with Gasteiger partial charge in [-0.05, 0) is 18.2 Å². The van der Waals surface area contributed by atoms with Crippen LogP contribution in [0.2, 0.25) is 0 Å². The van der Waals surface area contributed by atoms with E-state index in [1.807, 2.05) is 0 Å². The van der Waals surface area contributed by atoms with Gasteiger partial charge in [0, 0.05) is 5.69 Å². The van der Waals surface area contributed by atoms with Gasteiger partial charge in [0.15, 0.2) is 6.61 Å². The average molecular weight is 296 g/mol. The molecule has 1 aromatic carbocycles. The van der Waals surface area contributed by atoms with Crippen molar-refractivity contribution in [2.75, 3.05) is 28.7 Å². The van der Waals surface area contributed by atoms with Crippen LogP contribution in [0.15, 0.2) is 18.2 Å². The van der Waals surface area contributed by atoms with Crippen LogP contribution in [0.4, 0.5) is 11.4 Å². The van der Waals surface area contributed by atoms with E-state index in [2.05, 4.69) is 10.6 Å². The van der Waals surface area contributed by atoms with Gasteiger partial charge in [0.1, 0.15) is 5.75 Å². The van der Waals surface area contributed by atoms with Gasteiger partial charge in [-0.1, -0.05) is 0 Å². The number of carbonyl (C=O) groups excluding carboxylic acids is 2. The average Bonchev–Trinajstić information content (AvgIpc) is 2.37. The van der Waals surface area contributed by atoms with Crippen LogP contribution < -0.4 is 15.4 Å². The smallest absolute Gasteiger partial charge is 0.313 e. The number of rotatable bonds is 5. The number of fused-ring (bicyclic) bond motifs is 1. The monoisotopic (exact) mass is 296 g/mol. The maximum Gasteiger partial charge on any atom is 0.313 e. The highest BCUT2D eigenvalue weighted by molar-refractivity contribution is 8.00. The third-order valence-corrected chi connectivity index (χ3v) is 3.27. The predicted octanol–water partition coefficient (Wildman–Crippen LogP) is 0.774. The summed E-state index contributed by atoms with van der Waals surface area (Å²) in [4.78, 5) is 33.1. The summed E-state index contributed by atoms with van der Waals surface area (Å²) in [7, 11) is 0. The highest BCUT2D eigenvalue weighted by Crippen LogP contribution is 2.30. The first-order valence-corrected chi connectivity index (χ1v) is 6.86. The molecular formula is C12H12N2O5S. The van der Waals surface area contributed by atoms with E-state index in [0.29, 0.717) is 17.1 Å². The van der Waals surface area contributed by atoms with Crippen molar-refractivity contribution in [1.82, 2.24) is 0 Å². The van der Waals surface area contributed by atoms with E-state index in [0.717, 1.165) is 11.8 Å². The van der Waals surface area contributed by atoms with Crippen molar-refractivity contribution in [3.8, 4) is 5.75 Å². The Kier molecular flexibility index (Phi) is 4.46. The van der Waals surface area contributed by atoms with Gasteiger partial charge in [-0.3, -0.25) is 14.4 Å². The lowest BCUT2D eigenvalue weighted by Gasteiger charge is -2.18. The second-order valence-electron chi connectivity index (χ2n) is 3.98. The molecule has 106 valence electrons. The minimum Gasteiger partial charge on any atom is -0.482 e. The number of carboxylic acids is 1. The van der Waals surface area contributed by atoms with Crippen LogP contribution in [0.3, 0.4) is 0 Å². The lowest BCUT2D eigenvalue weighted by Crippen LogP contribution is -2.25. The zero-order valence-electron chi connectivity index (χ0n) is 10.3. The third-order valence-electron chi connectivity index (χ3n) is 2.35. The molecule has 0 atom stereocenters. The normalized spacial score (nSPS) is 12.9. The lowest BCUT2D eigenvalue weighted by molar-refractivity contribution is -0.133. The summed E-state index contributed by atoms with van der Waals surface area (Å²) in [5, 5.41) is 13.7. The van der Waals surface area contributed by atoms with Crippen LogP contribution in [0.5, 0.6) is 5.75 Å². The van der Waals surface area contributed by atoms with Crippen molar-refractivity contribution < 1.29 is 24.2 Å². The minimum absolute atomic E-state index is 0.0233. The Morgan fingerprint density at radius 2 is 2.20 bits per heavy atom. The minimum atomic E-state index is -0.962. The van der Waals surface area contributed by atoms with Crippen LogP contribution in [0.1, 0.15) is 0 Å². The van der Waals surface area contributed by atoms with Crippen molar-refractivity contribution >= 4 is 40.9 Å². The molecule has 1 aromatic rings. The number of anilines is 2. The van der Waals surface area contributed by atoms with E-state index in [9.17, 15) is 14.4 Å². The van der Waals surface area contributed by atoms with Crippen molar-refractivity contribution in [2.45, 2.75) is 0 Å². The number of nitrogens with one attached hydrogen (secondary N) is 2. The molecule has 0 saturated carbocycles. The van der Waals surface area contributed by atoms with Crippen LogP contribution in [0, 0.1) is 0 Å². The molecule has 0 spiro atoms. The number of aliphatic carboxylic acids is 1. The van der Waals surface area contributed by atoms with Crippen molar-refractivity contribution in [3.63, 3.8) is 0 Å². The first-order chi connectivity index (χ1) is 9.54. The molecule has 0 unspecified atom stereocenters. The van der Waals surface area contributed by atoms with Gasteiger partial charge >= 0.3 is 5.97 Å². The van der Waals surface area contributed by atoms with E-state index >= 15 is 0 Å². The molecule has 20 heavy (non-hydrogen) atoms. The summed E-state index contributed by atoms with van der Waals surface area (Å²) in [6.45, 7) is -0.0233. The van der Waals surface area contributed by atoms with Gasteiger partial charge in [0.05, 0.1) is 17.2 Å². The molecule has 2 rings (SSSR count). The summed E-state index contributed by atoms with van der Waals surface area (Å²) < 4.78 is 5.19. The second-order valence-corrected chi connectivity index (χ2v) is 4.97. The van der Waals surface area contributed by atoms with E-state index < -0.39 is 5.97 Å². The van der Waals surface area contributed by atoms with E-state index in [1.165, 1.54) is 0 Å². The maximum atomic E-state index is 11.6. The number of carbonyl (C=O) groups is 3. The molecule has 3 N–H and O–H groups in total. The summed E-state index contributed by atoms with van der Waals surface area (Å²) in [6.07, 6.45) is 0. The molecule has 1 aliphatic heterocycles. The van der Waals surface area contributed by atoms with Crippen LogP contribution in [-0.2, 0) is 14.4 Å². The zero-order chi connectivity index (χ0) is 14.5. The Balaban J connectivity index is 1.93. The number of hydrogen-bond acceptors (Lipinski definition) is 5. The Hall–Kier alpha value is -2.22. The van der Waals surface area contributed by atoms with E-state index in [-0.39, 0.29) is 29.9 Å². The highest BCUT2D eigenvalue weighted by Gasteiger charge is 2.16. The topological polar surface area (TPSA) is 105 Å². The summed E-state index contributed by atoms with van der Waals surface area (Å²) in [6, 6.07) is 4.89. The van der Waals surface area contributed by atoms with E-state index in [1.54, 1.807) is 18.2 Å². The molecular weight excluding hydrogens is 284 g/mol. The Morgan fingerprint density at radius 1 is 1.40 bits per heavy atom. The fourth-order valence-electron chi connectivity index (χ4n) is 1.59. The molecule has 0 aliphatic carbocycles. The van der Waals surface area contributed by atoms with Gasteiger partial charge in [-0.2, -0.15) is 0 Å². The fourth-order valence-corrected chi connectivity index (χ4v) is 2.12. The zero-order valence-corrected chi connectivity index (χ0v) is 11.2. The first-order valence-electron chi connectivity index (χ1n) is 5.70. The highest BCUT2D eigenvalue weighted by atomic mass is 32.2. The molecule has 0 saturated heterocycles. The summed E-state index contributed by atoms with van der Waals surface area (Å²) in [5.41, 5.74) is 1.01. The summed E-state index contributed by atoms with van der Waals surface area (Å²) >= 11 is 1.01. The lowest BCUT2D eigenvalue weighted by atomic mass is 10.2. The predicted molar refractivity (Wildman–Crippen MR) is 74.2 cm³/mol. The quantitative estimate of drug-likeness (QED) is 0.741. The fraction of sp³-hybridized carbons (Fsp3) is 0.250. The Morgan fingerprint density at radius 3 is 2.95 bits per heavy atom. The van der Waals surface area contributed by atoms with Crippen molar-refractivity contribution in [3.05, 3.63) is 18.2 Å². The molecule has 0 aromatic heterocycles. The molecule has 1 aliphatic rings. The molecule has 0 fully saturated rings. The Bertz CT molecular complexity index is 561. The molecule has 8 heteroatoms. The van der Waals surface area contributed by atoms with Gasteiger partial charge < -0.3 is 20.5 Å². The standard InChI is InChI=1S/C12H12N2O5S/c15-10-4-19-9-2-1-7(3-8(9)14-10)13-11(16)5-20-6-12(17)18/h1-3H,4-6H2,(H,13,16)(H,14,15)(H,17,18). The SMILES string of the molecule is O=C(O)CSCC(=O)Nc1ccc2c(c1)NC(=O)CO2. The van der Waals surface area contributed by atoms with Crippen molar-refractivity contribution in [2.24, 2.45) is 0 Å². The molecule has 7 nitrogen and oxygen atoms in total. The number of carboxylic acid groups (broad SMARTS) is 1. The first kappa shape index (κ1) is 14.2. The van der Waals surface area contributed by atoms with Gasteiger partial charge in [0.2, 0.25) is 5.91 Å². The van der Waals surface area contributed by atoms with Gasteiger partial charge in [-0.25, -0.2) is 0 Å². The molecule has 0 radical (unpaired) electrons. The van der Waals surface area contributed by atoms with Crippen LogP contribution >= 0.6 is 11.8 Å². The van der Waals surface area contributed by atoms with E-state index in [4.69, 9.17) is 9.84 Å². The molecule has 0 bridgehead atoms. The molecule has 2 amide bonds. The van der Waals surface area contributed by atoms with Gasteiger partial charge in [0.25, 0.3) is 5.91 Å². The number of thioether (sulfide) groups is 1. The van der Waals surface area contributed by atoms with Gasteiger partial charge in [-0.15, -0.1) is 11.8 Å². The number of benzene rings is 1. The third kappa shape index (κ3) is 3.89. The second kappa shape index (κ2) is 6.29.